The van der Waals surface area contributed by atoms with Crippen LogP contribution in [0.2, 0.25) is 0 Å². The van der Waals surface area contributed by atoms with Crippen molar-refractivity contribution >= 4 is 17.1 Å². The molecule has 2 nitrogen and oxygen atoms in total. The maximum Gasteiger partial charge on any atom is 0.0669 e. The number of rotatable bonds is 4. The van der Waals surface area contributed by atoms with Gasteiger partial charge in [0, 0.05) is 29.9 Å². The standard InChI is InChI=1S/C23H20N2/c1(2-4-12-20-16-18-10-6-8-14-22(18)24-20)3-5-13-21-17-19-11-7-9-15-23(19)25-21/h1-15,24H,16-17H2/b3-1+,4-2+,13-5+,20-12-. The molecule has 0 bridgehead atoms. The number of anilines is 1. The molecular weight excluding hydrogens is 304 g/mol. The molecule has 0 saturated carbocycles. The van der Waals surface area contributed by atoms with E-state index >= 15 is 0 Å². The van der Waals surface area contributed by atoms with Gasteiger partial charge in [-0.1, -0.05) is 66.8 Å². The summed E-state index contributed by atoms with van der Waals surface area (Å²) in [5, 5.41) is 3.44. The van der Waals surface area contributed by atoms with Crippen LogP contribution in [0.4, 0.5) is 11.4 Å². The minimum atomic E-state index is 0.925. The highest BCUT2D eigenvalue weighted by atomic mass is 14.9. The van der Waals surface area contributed by atoms with Gasteiger partial charge >= 0.3 is 0 Å². The summed E-state index contributed by atoms with van der Waals surface area (Å²) in [6.07, 6.45) is 16.4. The smallest absolute Gasteiger partial charge is 0.0669 e. The van der Waals surface area contributed by atoms with E-state index in [0.29, 0.717) is 0 Å². The lowest BCUT2D eigenvalue weighted by molar-refractivity contribution is 1.25. The first-order chi connectivity index (χ1) is 12.4. The Morgan fingerprint density at radius 3 is 2.40 bits per heavy atom. The number of nitrogens with one attached hydrogen (secondary N) is 1. The van der Waals surface area contributed by atoms with E-state index in [1.165, 1.54) is 22.5 Å². The molecular formula is C23H20N2. The summed E-state index contributed by atoms with van der Waals surface area (Å²) < 4.78 is 0. The molecule has 0 fully saturated rings. The molecule has 0 radical (unpaired) electrons. The van der Waals surface area contributed by atoms with Crippen molar-refractivity contribution in [1.82, 2.24) is 0 Å². The molecule has 2 aromatic carbocycles. The Kier molecular flexibility index (Phi) is 4.42. The molecule has 0 amide bonds. The van der Waals surface area contributed by atoms with Gasteiger partial charge in [0.2, 0.25) is 0 Å². The summed E-state index contributed by atoms with van der Waals surface area (Å²) in [6.45, 7) is 0. The number of aliphatic imine (C=N–C) groups is 1. The predicted molar refractivity (Wildman–Crippen MR) is 107 cm³/mol. The fraction of sp³-hybridized carbons (Fsp3) is 0.0870. The van der Waals surface area contributed by atoms with Crippen LogP contribution in [0.25, 0.3) is 0 Å². The second-order valence-electron chi connectivity index (χ2n) is 6.19. The second-order valence-corrected chi connectivity index (χ2v) is 6.19. The SMILES string of the molecule is C(/C=C/C=C/C=C/C1=Nc2ccccc2C1)=C1\Cc2ccccc2N1. The highest BCUT2D eigenvalue weighted by Gasteiger charge is 2.12. The van der Waals surface area contributed by atoms with E-state index in [2.05, 4.69) is 71.0 Å². The van der Waals surface area contributed by atoms with Crippen molar-refractivity contribution in [2.24, 2.45) is 4.99 Å². The van der Waals surface area contributed by atoms with E-state index in [0.717, 1.165) is 24.2 Å². The van der Waals surface area contributed by atoms with Gasteiger partial charge < -0.3 is 5.32 Å². The number of allylic oxidation sites excluding steroid dienone is 8. The fourth-order valence-corrected chi connectivity index (χ4v) is 3.11. The van der Waals surface area contributed by atoms with E-state index in [1.807, 2.05) is 30.4 Å². The summed E-state index contributed by atoms with van der Waals surface area (Å²) in [7, 11) is 0. The highest BCUT2D eigenvalue weighted by molar-refractivity contribution is 6.02. The molecule has 0 aliphatic carbocycles. The Morgan fingerprint density at radius 2 is 1.52 bits per heavy atom. The minimum Gasteiger partial charge on any atom is -0.358 e. The molecule has 1 N–H and O–H groups in total. The lowest BCUT2D eigenvalue weighted by Crippen LogP contribution is -1.91. The van der Waals surface area contributed by atoms with Crippen LogP contribution in [0.5, 0.6) is 0 Å². The molecule has 0 spiro atoms. The number of benzene rings is 2. The van der Waals surface area contributed by atoms with Crippen LogP contribution in [0.1, 0.15) is 11.1 Å². The van der Waals surface area contributed by atoms with Gasteiger partial charge in [0.1, 0.15) is 0 Å². The third-order valence-corrected chi connectivity index (χ3v) is 4.35. The topological polar surface area (TPSA) is 24.4 Å². The maximum absolute atomic E-state index is 4.62. The first kappa shape index (κ1) is 15.4. The van der Waals surface area contributed by atoms with Crippen LogP contribution in [-0.2, 0) is 12.8 Å². The summed E-state index contributed by atoms with van der Waals surface area (Å²) in [4.78, 5) is 4.62. The van der Waals surface area contributed by atoms with Gasteiger partial charge in [0.05, 0.1) is 5.69 Å². The van der Waals surface area contributed by atoms with Crippen molar-refractivity contribution < 1.29 is 0 Å². The molecule has 0 unspecified atom stereocenters. The van der Waals surface area contributed by atoms with Gasteiger partial charge in [-0.2, -0.15) is 0 Å². The summed E-state index contributed by atoms with van der Waals surface area (Å²) >= 11 is 0. The number of hydrogen-bond donors (Lipinski definition) is 1. The molecule has 2 aliphatic rings. The zero-order chi connectivity index (χ0) is 16.9. The quantitative estimate of drug-likeness (QED) is 0.734. The van der Waals surface area contributed by atoms with E-state index in [9.17, 15) is 0 Å². The zero-order valence-electron chi connectivity index (χ0n) is 14.0. The third kappa shape index (κ3) is 3.69. The maximum atomic E-state index is 4.62. The molecule has 25 heavy (non-hydrogen) atoms. The molecule has 2 aromatic rings. The van der Waals surface area contributed by atoms with Gasteiger partial charge in [0.25, 0.3) is 0 Å². The lowest BCUT2D eigenvalue weighted by Gasteiger charge is -1.96. The Hall–Kier alpha value is -3.13. The van der Waals surface area contributed by atoms with Crippen LogP contribution >= 0.6 is 0 Å². The van der Waals surface area contributed by atoms with E-state index in [4.69, 9.17) is 0 Å². The molecule has 2 heterocycles. The van der Waals surface area contributed by atoms with Crippen molar-refractivity contribution in [3.05, 3.63) is 108 Å². The van der Waals surface area contributed by atoms with Crippen LogP contribution in [0, 0.1) is 0 Å². The van der Waals surface area contributed by atoms with E-state index in [1.54, 1.807) is 0 Å². The van der Waals surface area contributed by atoms with Gasteiger partial charge in [-0.25, -0.2) is 0 Å². The molecule has 0 saturated heterocycles. The molecule has 0 atom stereocenters. The van der Waals surface area contributed by atoms with Gasteiger partial charge in [0.15, 0.2) is 0 Å². The zero-order valence-corrected chi connectivity index (χ0v) is 14.0. The summed E-state index contributed by atoms with van der Waals surface area (Å²) in [5.74, 6) is 0. The molecule has 0 aromatic heterocycles. The first-order valence-corrected chi connectivity index (χ1v) is 8.59. The average molecular weight is 324 g/mol. The minimum absolute atomic E-state index is 0.925. The summed E-state index contributed by atoms with van der Waals surface area (Å²) in [5.41, 5.74) is 7.34. The third-order valence-electron chi connectivity index (χ3n) is 4.35. The van der Waals surface area contributed by atoms with Gasteiger partial charge in [-0.3, -0.25) is 4.99 Å². The molecule has 2 heteroatoms. The predicted octanol–water partition coefficient (Wildman–Crippen LogP) is 5.54. The van der Waals surface area contributed by atoms with Crippen molar-refractivity contribution in [3.8, 4) is 0 Å². The number of para-hydroxylation sites is 2. The van der Waals surface area contributed by atoms with Crippen molar-refractivity contribution in [2.45, 2.75) is 12.8 Å². The van der Waals surface area contributed by atoms with Crippen molar-refractivity contribution in [1.29, 1.82) is 0 Å². The number of hydrogen-bond acceptors (Lipinski definition) is 2. The fourth-order valence-electron chi connectivity index (χ4n) is 3.11. The van der Waals surface area contributed by atoms with Gasteiger partial charge in [-0.15, -0.1) is 0 Å². The Labute approximate surface area is 148 Å². The number of nitrogens with zero attached hydrogens (tertiary/aromatic N) is 1. The molecule has 122 valence electrons. The van der Waals surface area contributed by atoms with Gasteiger partial charge in [-0.05, 0) is 35.4 Å². The van der Waals surface area contributed by atoms with E-state index in [-0.39, 0.29) is 0 Å². The Bertz CT molecular complexity index is 900. The molecule has 4 rings (SSSR count). The van der Waals surface area contributed by atoms with Crippen LogP contribution in [0.15, 0.2) is 102 Å². The van der Waals surface area contributed by atoms with Crippen molar-refractivity contribution in [2.75, 3.05) is 5.32 Å². The summed E-state index contributed by atoms with van der Waals surface area (Å²) in [6, 6.07) is 16.7. The normalized spacial score (nSPS) is 17.4. The second kappa shape index (κ2) is 7.18. The highest BCUT2D eigenvalue weighted by Crippen LogP contribution is 2.27. The molecule has 2 aliphatic heterocycles. The van der Waals surface area contributed by atoms with Crippen LogP contribution in [-0.4, -0.2) is 5.71 Å². The van der Waals surface area contributed by atoms with Crippen LogP contribution in [0.3, 0.4) is 0 Å². The largest absolute Gasteiger partial charge is 0.358 e. The van der Waals surface area contributed by atoms with Crippen molar-refractivity contribution in [3.63, 3.8) is 0 Å². The number of fused-ring (bicyclic) bond motifs is 2. The average Bonchev–Trinajstić information content (AvgIpc) is 3.23. The Morgan fingerprint density at radius 1 is 0.760 bits per heavy atom. The van der Waals surface area contributed by atoms with Crippen LogP contribution < -0.4 is 5.32 Å². The Balaban J connectivity index is 1.28. The monoisotopic (exact) mass is 324 g/mol. The lowest BCUT2D eigenvalue weighted by atomic mass is 10.1. The first-order valence-electron chi connectivity index (χ1n) is 8.59. The van der Waals surface area contributed by atoms with E-state index < -0.39 is 0 Å².